The molecule has 0 spiro atoms. The lowest BCUT2D eigenvalue weighted by atomic mass is 10.1. The minimum atomic E-state index is -3.66. The first-order chi connectivity index (χ1) is 11.7. The molecule has 1 atom stereocenters. The van der Waals surface area contributed by atoms with Crippen molar-refractivity contribution in [1.29, 1.82) is 0 Å². The molecule has 1 aliphatic rings. The number of rotatable bonds is 6. The van der Waals surface area contributed by atoms with E-state index in [1.165, 1.54) is 0 Å². The molecule has 140 valence electrons. The zero-order chi connectivity index (χ0) is 18.5. The van der Waals surface area contributed by atoms with Crippen LogP contribution in [0.4, 0.5) is 0 Å². The largest absolute Gasteiger partial charge is 0.378 e. The fraction of sp³-hybridized carbons (Fsp3) is 0.588. The van der Waals surface area contributed by atoms with E-state index in [1.807, 2.05) is 0 Å². The molecule has 0 aromatic heterocycles. The highest BCUT2D eigenvalue weighted by Gasteiger charge is 2.24. The molecule has 1 aliphatic heterocycles. The van der Waals surface area contributed by atoms with Gasteiger partial charge in [-0.3, -0.25) is 4.79 Å². The molecule has 0 radical (unpaired) electrons. The first kappa shape index (κ1) is 19.8. The number of ether oxygens (including phenoxy) is 1. The first-order valence-corrected chi connectivity index (χ1v) is 9.85. The van der Waals surface area contributed by atoms with E-state index in [1.54, 1.807) is 45.0 Å². The SMILES string of the molecule is CC(C)(C)NS(=O)(=O)c1ccccc1CNC(=O)CC1COCCN1. The van der Waals surface area contributed by atoms with Gasteiger partial charge in [0.2, 0.25) is 15.9 Å². The minimum Gasteiger partial charge on any atom is -0.378 e. The highest BCUT2D eigenvalue weighted by Crippen LogP contribution is 2.17. The Hall–Kier alpha value is -1.48. The summed E-state index contributed by atoms with van der Waals surface area (Å²) >= 11 is 0. The second-order valence-electron chi connectivity index (χ2n) is 7.17. The van der Waals surface area contributed by atoms with Crippen molar-refractivity contribution >= 4 is 15.9 Å². The van der Waals surface area contributed by atoms with Crippen molar-refractivity contribution in [3.05, 3.63) is 29.8 Å². The molecule has 1 aromatic carbocycles. The van der Waals surface area contributed by atoms with Gasteiger partial charge >= 0.3 is 0 Å². The van der Waals surface area contributed by atoms with E-state index in [0.717, 1.165) is 6.54 Å². The lowest BCUT2D eigenvalue weighted by molar-refractivity contribution is -0.122. The van der Waals surface area contributed by atoms with Gasteiger partial charge in [0.1, 0.15) is 0 Å². The third-order valence-corrected chi connectivity index (χ3v) is 5.47. The van der Waals surface area contributed by atoms with Crippen LogP contribution in [0.25, 0.3) is 0 Å². The highest BCUT2D eigenvalue weighted by molar-refractivity contribution is 7.89. The van der Waals surface area contributed by atoms with Crippen LogP contribution < -0.4 is 15.4 Å². The number of hydrogen-bond donors (Lipinski definition) is 3. The molecule has 8 heteroatoms. The van der Waals surface area contributed by atoms with Crippen LogP contribution in [-0.4, -0.2) is 45.7 Å². The summed E-state index contributed by atoms with van der Waals surface area (Å²) in [5.41, 5.74) is -0.0255. The predicted octanol–water partition coefficient (Wildman–Crippen LogP) is 0.758. The summed E-state index contributed by atoms with van der Waals surface area (Å²) in [5, 5.41) is 6.01. The van der Waals surface area contributed by atoms with Gasteiger partial charge in [0.15, 0.2) is 0 Å². The van der Waals surface area contributed by atoms with Crippen LogP contribution in [0.1, 0.15) is 32.8 Å². The van der Waals surface area contributed by atoms with Crippen molar-refractivity contribution in [2.75, 3.05) is 19.8 Å². The van der Waals surface area contributed by atoms with Crippen LogP contribution in [0.2, 0.25) is 0 Å². The van der Waals surface area contributed by atoms with Gasteiger partial charge in [0.25, 0.3) is 0 Å². The maximum atomic E-state index is 12.6. The van der Waals surface area contributed by atoms with Crippen molar-refractivity contribution < 1.29 is 17.9 Å². The average Bonchev–Trinajstić information content (AvgIpc) is 2.52. The molecule has 1 heterocycles. The van der Waals surface area contributed by atoms with Gasteiger partial charge < -0.3 is 15.4 Å². The molecule has 1 unspecified atom stereocenters. The van der Waals surface area contributed by atoms with Gasteiger partial charge in [0, 0.05) is 31.1 Å². The number of carbonyl (C=O) groups excluding carboxylic acids is 1. The number of carbonyl (C=O) groups is 1. The van der Waals surface area contributed by atoms with E-state index in [0.29, 0.717) is 25.2 Å². The third-order valence-electron chi connectivity index (χ3n) is 3.61. The Labute approximate surface area is 149 Å². The van der Waals surface area contributed by atoms with Crippen molar-refractivity contribution in [2.45, 2.75) is 50.2 Å². The zero-order valence-corrected chi connectivity index (χ0v) is 15.8. The van der Waals surface area contributed by atoms with Crippen LogP contribution in [0.3, 0.4) is 0 Å². The van der Waals surface area contributed by atoms with Crippen LogP contribution in [0.5, 0.6) is 0 Å². The van der Waals surface area contributed by atoms with E-state index in [9.17, 15) is 13.2 Å². The van der Waals surface area contributed by atoms with E-state index in [2.05, 4.69) is 15.4 Å². The fourth-order valence-electron chi connectivity index (χ4n) is 2.61. The van der Waals surface area contributed by atoms with E-state index >= 15 is 0 Å². The molecule has 3 N–H and O–H groups in total. The van der Waals surface area contributed by atoms with Crippen molar-refractivity contribution in [3.8, 4) is 0 Å². The van der Waals surface area contributed by atoms with Gasteiger partial charge in [-0.05, 0) is 32.4 Å². The van der Waals surface area contributed by atoms with Gasteiger partial charge in [-0.2, -0.15) is 0 Å². The Kier molecular flexibility index (Phi) is 6.56. The monoisotopic (exact) mass is 369 g/mol. The average molecular weight is 369 g/mol. The summed E-state index contributed by atoms with van der Waals surface area (Å²) in [6, 6.07) is 6.68. The second kappa shape index (κ2) is 8.27. The summed E-state index contributed by atoms with van der Waals surface area (Å²) in [6.07, 6.45) is 0.301. The molecule has 7 nitrogen and oxygen atoms in total. The molecule has 0 saturated carbocycles. The topological polar surface area (TPSA) is 96.5 Å². The number of morpholine rings is 1. The van der Waals surface area contributed by atoms with Crippen LogP contribution >= 0.6 is 0 Å². The number of hydrogen-bond acceptors (Lipinski definition) is 5. The molecule has 1 aromatic rings. The molecule has 1 amide bonds. The number of amides is 1. The maximum absolute atomic E-state index is 12.6. The first-order valence-electron chi connectivity index (χ1n) is 8.37. The maximum Gasteiger partial charge on any atom is 0.241 e. The minimum absolute atomic E-state index is 0.00437. The molecule has 0 bridgehead atoms. The Bertz CT molecular complexity index is 692. The summed E-state index contributed by atoms with van der Waals surface area (Å²) in [5.74, 6) is -0.140. The standard InChI is InChI=1S/C17H27N3O4S/c1-17(2,3)20-25(22,23)15-7-5-4-6-13(15)11-19-16(21)10-14-12-24-9-8-18-14/h4-7,14,18,20H,8-12H2,1-3H3,(H,19,21). The van der Waals surface area contributed by atoms with Crippen LogP contribution in [0.15, 0.2) is 29.2 Å². The Balaban J connectivity index is 2.01. The fourth-order valence-corrected chi connectivity index (χ4v) is 4.27. The molecule has 1 fully saturated rings. The summed E-state index contributed by atoms with van der Waals surface area (Å²) in [7, 11) is -3.66. The van der Waals surface area contributed by atoms with Crippen molar-refractivity contribution in [3.63, 3.8) is 0 Å². The molecule has 2 rings (SSSR count). The normalized spacial score (nSPS) is 18.8. The van der Waals surface area contributed by atoms with Crippen molar-refractivity contribution in [2.24, 2.45) is 0 Å². The van der Waals surface area contributed by atoms with Gasteiger partial charge in [-0.15, -0.1) is 0 Å². The van der Waals surface area contributed by atoms with Gasteiger partial charge in [-0.25, -0.2) is 13.1 Å². The van der Waals surface area contributed by atoms with E-state index < -0.39 is 15.6 Å². The van der Waals surface area contributed by atoms with E-state index in [-0.39, 0.29) is 23.4 Å². The van der Waals surface area contributed by atoms with Crippen LogP contribution in [-0.2, 0) is 26.1 Å². The molecule has 25 heavy (non-hydrogen) atoms. The number of benzene rings is 1. The summed E-state index contributed by atoms with van der Waals surface area (Å²) < 4.78 is 33.1. The quantitative estimate of drug-likeness (QED) is 0.688. The zero-order valence-electron chi connectivity index (χ0n) is 15.0. The van der Waals surface area contributed by atoms with Crippen LogP contribution in [0, 0.1) is 0 Å². The molecule has 1 saturated heterocycles. The lowest BCUT2D eigenvalue weighted by Crippen LogP contribution is -2.44. The highest BCUT2D eigenvalue weighted by atomic mass is 32.2. The molecular formula is C17H27N3O4S. The lowest BCUT2D eigenvalue weighted by Gasteiger charge is -2.23. The second-order valence-corrected chi connectivity index (χ2v) is 8.82. The molecular weight excluding hydrogens is 342 g/mol. The smallest absolute Gasteiger partial charge is 0.241 e. The Morgan fingerprint density at radius 1 is 1.32 bits per heavy atom. The Morgan fingerprint density at radius 3 is 2.68 bits per heavy atom. The van der Waals surface area contributed by atoms with Crippen molar-refractivity contribution in [1.82, 2.24) is 15.4 Å². The summed E-state index contributed by atoms with van der Waals surface area (Å²) in [4.78, 5) is 12.3. The third kappa shape index (κ3) is 6.39. The van der Waals surface area contributed by atoms with E-state index in [4.69, 9.17) is 4.74 Å². The molecule has 0 aliphatic carbocycles. The number of nitrogens with one attached hydrogen (secondary N) is 3. The number of sulfonamides is 1. The van der Waals surface area contributed by atoms with Gasteiger partial charge in [0.05, 0.1) is 18.1 Å². The van der Waals surface area contributed by atoms with Gasteiger partial charge in [-0.1, -0.05) is 18.2 Å². The summed E-state index contributed by atoms with van der Waals surface area (Å²) in [6.45, 7) is 7.42. The Morgan fingerprint density at radius 2 is 2.04 bits per heavy atom. The predicted molar refractivity (Wildman–Crippen MR) is 95.6 cm³/mol.